The molecular weight excluding hydrogens is 422 g/mol. The lowest BCUT2D eigenvalue weighted by Crippen LogP contribution is -2.53. The lowest BCUT2D eigenvalue weighted by Gasteiger charge is -2.36. The lowest BCUT2D eigenvalue weighted by atomic mass is 10.0. The normalized spacial score (nSPS) is 14.6. The molecule has 8 heteroatoms. The third-order valence-corrected chi connectivity index (χ3v) is 5.16. The summed E-state index contributed by atoms with van der Waals surface area (Å²) in [6.45, 7) is -0.335. The van der Waals surface area contributed by atoms with Gasteiger partial charge in [0.15, 0.2) is 18.1 Å². The number of nitrogens with zero attached hydrogens (tertiary/aromatic N) is 1. The molecule has 0 spiro atoms. The van der Waals surface area contributed by atoms with E-state index in [9.17, 15) is 14.4 Å². The summed E-state index contributed by atoms with van der Waals surface area (Å²) in [5.41, 5.74) is 1.60. The third-order valence-electron chi connectivity index (χ3n) is 5.16. The monoisotopic (exact) mass is 445 g/mol. The number of hydrogen-bond donors (Lipinski definition) is 2. The molecule has 0 saturated carbocycles. The average molecular weight is 445 g/mol. The van der Waals surface area contributed by atoms with E-state index in [-0.39, 0.29) is 18.9 Å². The Morgan fingerprint density at radius 2 is 1.61 bits per heavy atom. The highest BCUT2D eigenvalue weighted by Gasteiger charge is 2.38. The quantitative estimate of drug-likeness (QED) is 0.581. The van der Waals surface area contributed by atoms with Gasteiger partial charge in [-0.15, -0.1) is 0 Å². The van der Waals surface area contributed by atoms with Crippen LogP contribution in [0.15, 0.2) is 78.9 Å². The van der Waals surface area contributed by atoms with Crippen molar-refractivity contribution in [2.24, 2.45) is 0 Å². The van der Waals surface area contributed by atoms with Crippen molar-refractivity contribution in [2.75, 3.05) is 29.3 Å². The molecule has 0 bridgehead atoms. The van der Waals surface area contributed by atoms with Gasteiger partial charge in [-0.1, -0.05) is 42.5 Å². The molecule has 33 heavy (non-hydrogen) atoms. The van der Waals surface area contributed by atoms with Gasteiger partial charge in [-0.2, -0.15) is 0 Å². The number of carbonyl (C=O) groups is 3. The first-order valence-electron chi connectivity index (χ1n) is 10.4. The van der Waals surface area contributed by atoms with Crippen molar-refractivity contribution in [3.8, 4) is 11.5 Å². The molecule has 3 aromatic rings. The van der Waals surface area contributed by atoms with Crippen molar-refractivity contribution in [3.05, 3.63) is 78.9 Å². The Morgan fingerprint density at radius 3 is 2.36 bits per heavy atom. The van der Waals surface area contributed by atoms with E-state index in [1.54, 1.807) is 72.8 Å². The first-order valence-corrected chi connectivity index (χ1v) is 10.4. The molecular formula is C25H23N3O5. The highest BCUT2D eigenvalue weighted by Crippen LogP contribution is 2.33. The summed E-state index contributed by atoms with van der Waals surface area (Å²) in [4.78, 5) is 40.2. The second-order valence-electron chi connectivity index (χ2n) is 7.34. The number of benzene rings is 3. The molecule has 0 aromatic heterocycles. The van der Waals surface area contributed by atoms with Gasteiger partial charge in [-0.05, 0) is 36.4 Å². The van der Waals surface area contributed by atoms with Crippen molar-refractivity contribution in [1.82, 2.24) is 0 Å². The highest BCUT2D eigenvalue weighted by atomic mass is 16.5. The maximum atomic E-state index is 13.3. The van der Waals surface area contributed by atoms with Gasteiger partial charge in [0.1, 0.15) is 6.04 Å². The Bertz CT molecular complexity index is 1170. The maximum Gasteiger partial charge on any atom is 0.265 e. The predicted molar refractivity (Wildman–Crippen MR) is 125 cm³/mol. The van der Waals surface area contributed by atoms with Gasteiger partial charge in [0, 0.05) is 5.69 Å². The fourth-order valence-electron chi connectivity index (χ4n) is 3.64. The standard InChI is InChI=1S/C25H23N3O5/c1-32-21-13-7-8-14-22(21)33-16-24(30)28-19-12-6-5-11-18(19)27-25(31)20(28)15-23(29)26-17-9-3-2-4-10-17/h2-14,20H,15-16H2,1H3,(H,26,29)(H,27,31)/t20-/m1/s1. The smallest absolute Gasteiger partial charge is 0.265 e. The highest BCUT2D eigenvalue weighted by molar-refractivity contribution is 6.14. The van der Waals surface area contributed by atoms with Crippen LogP contribution in [-0.4, -0.2) is 37.5 Å². The van der Waals surface area contributed by atoms with E-state index in [1.165, 1.54) is 12.0 Å². The third kappa shape index (κ3) is 4.95. The van der Waals surface area contributed by atoms with Gasteiger partial charge in [0.05, 0.1) is 24.9 Å². The van der Waals surface area contributed by atoms with Gasteiger partial charge < -0.3 is 20.1 Å². The van der Waals surface area contributed by atoms with Gasteiger partial charge in [0.2, 0.25) is 11.8 Å². The summed E-state index contributed by atoms with van der Waals surface area (Å²) in [7, 11) is 1.51. The van der Waals surface area contributed by atoms with E-state index < -0.39 is 17.9 Å². The first kappa shape index (κ1) is 21.9. The minimum Gasteiger partial charge on any atom is -0.493 e. The maximum absolute atomic E-state index is 13.3. The van der Waals surface area contributed by atoms with Crippen LogP contribution < -0.4 is 25.0 Å². The SMILES string of the molecule is COc1ccccc1OCC(=O)N1c2ccccc2NC(=O)[C@H]1CC(=O)Nc1ccccc1. The zero-order valence-corrected chi connectivity index (χ0v) is 18.0. The zero-order chi connectivity index (χ0) is 23.2. The number of nitrogens with one attached hydrogen (secondary N) is 2. The van der Waals surface area contributed by atoms with Crippen molar-refractivity contribution in [2.45, 2.75) is 12.5 Å². The summed E-state index contributed by atoms with van der Waals surface area (Å²) in [5, 5.41) is 5.54. The van der Waals surface area contributed by atoms with Crippen LogP contribution in [0.1, 0.15) is 6.42 Å². The van der Waals surface area contributed by atoms with Crippen molar-refractivity contribution in [1.29, 1.82) is 0 Å². The number of carbonyl (C=O) groups excluding carboxylic acids is 3. The molecule has 3 aromatic carbocycles. The van der Waals surface area contributed by atoms with E-state index in [4.69, 9.17) is 9.47 Å². The minimum absolute atomic E-state index is 0.213. The summed E-state index contributed by atoms with van der Waals surface area (Å²) in [6.07, 6.45) is -0.213. The van der Waals surface area contributed by atoms with E-state index >= 15 is 0 Å². The molecule has 1 aliphatic heterocycles. The number of hydrogen-bond acceptors (Lipinski definition) is 5. The molecule has 1 heterocycles. The van der Waals surface area contributed by atoms with E-state index in [1.807, 2.05) is 6.07 Å². The molecule has 0 aliphatic carbocycles. The number of para-hydroxylation sites is 5. The van der Waals surface area contributed by atoms with E-state index in [2.05, 4.69) is 10.6 Å². The van der Waals surface area contributed by atoms with Crippen LogP contribution >= 0.6 is 0 Å². The molecule has 0 saturated heterocycles. The summed E-state index contributed by atoms with van der Waals surface area (Å²) >= 11 is 0. The number of fused-ring (bicyclic) bond motifs is 1. The molecule has 4 rings (SSSR count). The van der Waals surface area contributed by atoms with Crippen LogP contribution in [0.4, 0.5) is 17.1 Å². The average Bonchev–Trinajstić information content (AvgIpc) is 2.83. The molecule has 168 valence electrons. The van der Waals surface area contributed by atoms with Crippen LogP contribution in [0.5, 0.6) is 11.5 Å². The number of amides is 3. The number of anilines is 3. The summed E-state index contributed by atoms with van der Waals surface area (Å²) in [6, 6.07) is 21.8. The Hall–Kier alpha value is -4.33. The van der Waals surface area contributed by atoms with Crippen LogP contribution in [0.2, 0.25) is 0 Å². The largest absolute Gasteiger partial charge is 0.493 e. The molecule has 8 nitrogen and oxygen atoms in total. The second kappa shape index (κ2) is 9.86. The fraction of sp³-hybridized carbons (Fsp3) is 0.160. The zero-order valence-electron chi connectivity index (χ0n) is 18.0. The molecule has 1 atom stereocenters. The number of methoxy groups -OCH3 is 1. The predicted octanol–water partition coefficient (Wildman–Crippen LogP) is 3.46. The number of rotatable bonds is 7. The topological polar surface area (TPSA) is 97.0 Å². The van der Waals surface area contributed by atoms with E-state index in [0.29, 0.717) is 28.6 Å². The summed E-state index contributed by atoms with van der Waals surface area (Å²) in [5.74, 6) is -0.394. The van der Waals surface area contributed by atoms with Crippen LogP contribution in [-0.2, 0) is 14.4 Å². The van der Waals surface area contributed by atoms with Crippen molar-refractivity contribution in [3.63, 3.8) is 0 Å². The minimum atomic E-state index is -1.03. The van der Waals surface area contributed by atoms with E-state index in [0.717, 1.165) is 0 Å². The molecule has 0 fully saturated rings. The number of ether oxygens (including phenoxy) is 2. The Morgan fingerprint density at radius 1 is 0.939 bits per heavy atom. The lowest BCUT2D eigenvalue weighted by molar-refractivity contribution is -0.127. The van der Waals surface area contributed by atoms with Gasteiger partial charge >= 0.3 is 0 Å². The second-order valence-corrected chi connectivity index (χ2v) is 7.34. The van der Waals surface area contributed by atoms with Crippen LogP contribution in [0, 0.1) is 0 Å². The van der Waals surface area contributed by atoms with Crippen LogP contribution in [0.3, 0.4) is 0 Å². The molecule has 1 aliphatic rings. The Balaban J connectivity index is 1.56. The van der Waals surface area contributed by atoms with Crippen molar-refractivity contribution < 1.29 is 23.9 Å². The summed E-state index contributed by atoms with van der Waals surface area (Å²) < 4.78 is 11.0. The first-order chi connectivity index (χ1) is 16.1. The van der Waals surface area contributed by atoms with Gasteiger partial charge in [-0.25, -0.2) is 0 Å². The van der Waals surface area contributed by atoms with Crippen molar-refractivity contribution >= 4 is 34.8 Å². The molecule has 2 N–H and O–H groups in total. The van der Waals surface area contributed by atoms with Gasteiger partial charge in [-0.3, -0.25) is 19.3 Å². The Labute approximate surface area is 191 Å². The molecule has 0 unspecified atom stereocenters. The fourth-order valence-corrected chi connectivity index (χ4v) is 3.64. The van der Waals surface area contributed by atoms with Gasteiger partial charge in [0.25, 0.3) is 5.91 Å². The molecule has 3 amide bonds. The van der Waals surface area contributed by atoms with Crippen LogP contribution in [0.25, 0.3) is 0 Å². The molecule has 0 radical (unpaired) electrons. The Kier molecular flexibility index (Phi) is 6.54.